The predicted molar refractivity (Wildman–Crippen MR) is 106 cm³/mol. The van der Waals surface area contributed by atoms with Crippen LogP contribution in [0.2, 0.25) is 5.02 Å². The van der Waals surface area contributed by atoms with Crippen LogP contribution in [0.1, 0.15) is 21.8 Å². The Kier molecular flexibility index (Phi) is 7.65. The van der Waals surface area contributed by atoms with Gasteiger partial charge in [0.2, 0.25) is 5.91 Å². The second-order valence-corrected chi connectivity index (χ2v) is 6.81. The minimum atomic E-state index is -0.188. The molecule has 1 aromatic heterocycles. The monoisotopic (exact) mass is 411 g/mol. The first kappa shape index (κ1) is 21.2. The second-order valence-electron chi connectivity index (χ2n) is 6.37. The van der Waals surface area contributed by atoms with Crippen LogP contribution in [0, 0.1) is 5.92 Å². The van der Waals surface area contributed by atoms with Gasteiger partial charge in [0.1, 0.15) is 0 Å². The van der Waals surface area contributed by atoms with Crippen LogP contribution in [0.15, 0.2) is 36.7 Å². The fourth-order valence-electron chi connectivity index (χ4n) is 3.13. The molecule has 1 fully saturated rings. The molecule has 1 aromatic carbocycles. The first-order chi connectivity index (χ1) is 12.5. The van der Waals surface area contributed by atoms with Crippen LogP contribution in [-0.2, 0) is 11.8 Å². The lowest BCUT2D eigenvalue weighted by atomic mass is 9.90. The number of halogens is 2. The Hall–Kier alpha value is -2.09. The molecule has 0 unspecified atom stereocenters. The van der Waals surface area contributed by atoms with Crippen molar-refractivity contribution in [3.8, 4) is 0 Å². The summed E-state index contributed by atoms with van der Waals surface area (Å²) < 4.78 is 1.74. The zero-order valence-electron chi connectivity index (χ0n) is 14.9. The van der Waals surface area contributed by atoms with Crippen LogP contribution in [0.4, 0.5) is 0 Å². The van der Waals surface area contributed by atoms with Gasteiger partial charge in [-0.3, -0.25) is 14.3 Å². The highest BCUT2D eigenvalue weighted by atomic mass is 35.5. The van der Waals surface area contributed by atoms with Crippen molar-refractivity contribution in [1.82, 2.24) is 25.7 Å². The van der Waals surface area contributed by atoms with E-state index in [1.165, 1.54) is 0 Å². The van der Waals surface area contributed by atoms with Crippen molar-refractivity contribution >= 4 is 35.8 Å². The van der Waals surface area contributed by atoms with Crippen LogP contribution >= 0.6 is 24.0 Å². The Morgan fingerprint density at radius 2 is 1.93 bits per heavy atom. The normalized spacial score (nSPS) is 18.6. The third-order valence-corrected chi connectivity index (χ3v) is 4.77. The molecule has 2 aromatic rings. The van der Waals surface area contributed by atoms with Gasteiger partial charge < -0.3 is 16.0 Å². The van der Waals surface area contributed by atoms with Gasteiger partial charge in [-0.15, -0.1) is 12.4 Å². The van der Waals surface area contributed by atoms with Gasteiger partial charge in [-0.1, -0.05) is 11.6 Å². The molecule has 0 aliphatic carbocycles. The van der Waals surface area contributed by atoms with Crippen molar-refractivity contribution in [1.29, 1.82) is 0 Å². The number of nitrogens with one attached hydrogen (secondary N) is 3. The number of hydrogen-bond donors (Lipinski definition) is 3. The van der Waals surface area contributed by atoms with Crippen LogP contribution in [0.5, 0.6) is 0 Å². The third-order valence-electron chi connectivity index (χ3n) is 4.52. The quantitative estimate of drug-likeness (QED) is 0.625. The molecule has 1 saturated heterocycles. The van der Waals surface area contributed by atoms with E-state index < -0.39 is 0 Å². The Balaban J connectivity index is 0.00000261. The summed E-state index contributed by atoms with van der Waals surface area (Å²) in [5.41, 5.74) is 1.60. The minimum Gasteiger partial charge on any atom is -0.354 e. The summed E-state index contributed by atoms with van der Waals surface area (Å²) in [6.45, 7) is 2.15. The van der Waals surface area contributed by atoms with Crippen molar-refractivity contribution in [3.63, 3.8) is 0 Å². The molecule has 7 nitrogen and oxygen atoms in total. The van der Waals surface area contributed by atoms with Gasteiger partial charge in [0.15, 0.2) is 0 Å². The van der Waals surface area contributed by atoms with Gasteiger partial charge >= 0.3 is 0 Å². The minimum absolute atomic E-state index is 0. The fraction of sp³-hybridized carbons (Fsp3) is 0.389. The van der Waals surface area contributed by atoms with E-state index in [1.54, 1.807) is 28.9 Å². The summed E-state index contributed by atoms with van der Waals surface area (Å²) in [5, 5.41) is 13.7. The summed E-state index contributed by atoms with van der Waals surface area (Å²) in [5.74, 6) is -0.213. The Morgan fingerprint density at radius 3 is 2.59 bits per heavy atom. The molecule has 0 radical (unpaired) electrons. The molecular weight excluding hydrogens is 389 g/mol. The van der Waals surface area contributed by atoms with E-state index in [0.717, 1.165) is 12.1 Å². The Morgan fingerprint density at radius 1 is 1.22 bits per heavy atom. The predicted octanol–water partition coefficient (Wildman–Crippen LogP) is 1.34. The highest BCUT2D eigenvalue weighted by molar-refractivity contribution is 6.30. The van der Waals surface area contributed by atoms with Gasteiger partial charge in [-0.2, -0.15) is 5.10 Å². The number of aromatic nitrogens is 2. The molecule has 27 heavy (non-hydrogen) atoms. The van der Waals surface area contributed by atoms with Gasteiger partial charge in [-0.25, -0.2) is 0 Å². The molecule has 3 N–H and O–H groups in total. The molecule has 2 amide bonds. The van der Waals surface area contributed by atoms with E-state index in [4.69, 9.17) is 11.6 Å². The lowest BCUT2D eigenvalue weighted by Gasteiger charge is -2.17. The van der Waals surface area contributed by atoms with Crippen molar-refractivity contribution in [2.75, 3.05) is 26.2 Å². The molecule has 1 aliphatic rings. The van der Waals surface area contributed by atoms with Crippen LogP contribution in [0.3, 0.4) is 0 Å². The van der Waals surface area contributed by atoms with Gasteiger partial charge in [0.25, 0.3) is 5.91 Å². The van der Waals surface area contributed by atoms with Crippen molar-refractivity contribution in [2.45, 2.75) is 5.92 Å². The highest BCUT2D eigenvalue weighted by Gasteiger charge is 2.34. The maximum Gasteiger partial charge on any atom is 0.251 e. The maximum atomic E-state index is 12.5. The number of carbonyl (C=O) groups is 2. The molecule has 2 heterocycles. The molecular formula is C18H23Cl2N5O2. The molecule has 9 heteroatoms. The number of amides is 2. The van der Waals surface area contributed by atoms with Gasteiger partial charge in [0.05, 0.1) is 12.1 Å². The summed E-state index contributed by atoms with van der Waals surface area (Å²) in [6, 6.07) is 6.67. The van der Waals surface area contributed by atoms with Gasteiger partial charge in [0, 0.05) is 55.9 Å². The average molecular weight is 412 g/mol. The molecule has 146 valence electrons. The summed E-state index contributed by atoms with van der Waals surface area (Å²) in [7, 11) is 1.87. The van der Waals surface area contributed by atoms with E-state index in [-0.39, 0.29) is 36.1 Å². The van der Waals surface area contributed by atoms with E-state index in [1.807, 2.05) is 19.4 Å². The zero-order valence-corrected chi connectivity index (χ0v) is 16.5. The lowest BCUT2D eigenvalue weighted by molar-refractivity contribution is -0.124. The Bertz CT molecular complexity index is 778. The van der Waals surface area contributed by atoms with Gasteiger partial charge in [-0.05, 0) is 29.8 Å². The number of nitrogens with zero attached hydrogens (tertiary/aromatic N) is 2. The molecule has 0 saturated carbocycles. The van der Waals surface area contributed by atoms with Crippen molar-refractivity contribution in [2.24, 2.45) is 13.0 Å². The van der Waals surface area contributed by atoms with E-state index >= 15 is 0 Å². The van der Waals surface area contributed by atoms with Crippen LogP contribution in [0.25, 0.3) is 0 Å². The van der Waals surface area contributed by atoms with E-state index in [9.17, 15) is 9.59 Å². The largest absolute Gasteiger partial charge is 0.354 e. The molecule has 2 atom stereocenters. The van der Waals surface area contributed by atoms with Crippen LogP contribution < -0.4 is 16.0 Å². The molecule has 3 rings (SSSR count). The van der Waals surface area contributed by atoms with E-state index in [0.29, 0.717) is 30.2 Å². The molecule has 1 aliphatic heterocycles. The number of rotatable bonds is 6. The van der Waals surface area contributed by atoms with Crippen molar-refractivity contribution in [3.05, 3.63) is 52.8 Å². The number of aryl methyl sites for hydroxylation is 1. The Labute approximate surface area is 169 Å². The summed E-state index contributed by atoms with van der Waals surface area (Å²) in [6.07, 6.45) is 3.76. The molecule has 0 spiro atoms. The van der Waals surface area contributed by atoms with Crippen LogP contribution in [-0.4, -0.2) is 47.8 Å². The fourth-order valence-corrected chi connectivity index (χ4v) is 3.26. The summed E-state index contributed by atoms with van der Waals surface area (Å²) in [4.78, 5) is 24.5. The lowest BCUT2D eigenvalue weighted by Crippen LogP contribution is -2.39. The topological polar surface area (TPSA) is 88.0 Å². The zero-order chi connectivity index (χ0) is 18.5. The maximum absolute atomic E-state index is 12.5. The van der Waals surface area contributed by atoms with Crippen molar-refractivity contribution < 1.29 is 9.59 Å². The first-order valence-electron chi connectivity index (χ1n) is 8.55. The highest BCUT2D eigenvalue weighted by Crippen LogP contribution is 2.27. The number of hydrogen-bond acceptors (Lipinski definition) is 4. The molecule has 0 bridgehead atoms. The average Bonchev–Trinajstić information content (AvgIpc) is 3.27. The third kappa shape index (κ3) is 5.45. The number of carbonyl (C=O) groups excluding carboxylic acids is 2. The number of benzene rings is 1. The smallest absolute Gasteiger partial charge is 0.251 e. The second kappa shape index (κ2) is 9.73. The summed E-state index contributed by atoms with van der Waals surface area (Å²) >= 11 is 5.81. The van der Waals surface area contributed by atoms with E-state index in [2.05, 4.69) is 21.0 Å². The standard InChI is InChI=1S/C18H22ClN5O2.ClH/c1-24-11-13(8-23-24)15-9-20-10-16(15)18(26)22-7-6-21-17(25)12-2-4-14(19)5-3-12;/h2-5,8,11,15-16,20H,6-7,9-10H2,1H3,(H,21,25)(H,22,26);1H/t15-,16+;/m1./s1. The SMILES string of the molecule is Cl.Cn1cc([C@H]2CNC[C@@H]2C(=O)NCCNC(=O)c2ccc(Cl)cc2)cn1. The first-order valence-corrected chi connectivity index (χ1v) is 8.93.